The number of fused-ring (bicyclic) bond motifs is 3. The van der Waals surface area contributed by atoms with Crippen molar-refractivity contribution in [3.8, 4) is 5.75 Å². The number of hydrogen-bond donors (Lipinski definition) is 3. The lowest BCUT2D eigenvalue weighted by Crippen LogP contribution is -2.30. The number of aliphatic imine (C=N–C) groups is 1. The Bertz CT molecular complexity index is 1500. The normalized spacial score (nSPS) is 17.3. The summed E-state index contributed by atoms with van der Waals surface area (Å²) < 4.78 is 27.9. The van der Waals surface area contributed by atoms with E-state index in [2.05, 4.69) is 25.0 Å². The summed E-state index contributed by atoms with van der Waals surface area (Å²) in [4.78, 5) is 27.0. The molecule has 11 heteroatoms. The van der Waals surface area contributed by atoms with Crippen molar-refractivity contribution in [3.05, 3.63) is 54.2 Å². The molecule has 0 saturated carbocycles. The zero-order chi connectivity index (χ0) is 26.0. The maximum atomic E-state index is 12.7. The van der Waals surface area contributed by atoms with Gasteiger partial charge in [-0.25, -0.2) is 23.1 Å². The van der Waals surface area contributed by atoms with Crippen molar-refractivity contribution in [1.29, 1.82) is 0 Å². The summed E-state index contributed by atoms with van der Waals surface area (Å²) in [7, 11) is -3.67. The molecule has 5 rings (SSSR count). The summed E-state index contributed by atoms with van der Waals surface area (Å²) in [5, 5.41) is 14.3. The van der Waals surface area contributed by atoms with E-state index in [1.165, 1.54) is 12.1 Å². The third kappa shape index (κ3) is 5.32. The van der Waals surface area contributed by atoms with E-state index in [0.29, 0.717) is 53.2 Å². The Morgan fingerprint density at radius 2 is 2.03 bits per heavy atom. The van der Waals surface area contributed by atoms with Crippen LogP contribution in [0.2, 0.25) is 0 Å². The average Bonchev–Trinajstić information content (AvgIpc) is 3.18. The number of anilines is 2. The van der Waals surface area contributed by atoms with Crippen LogP contribution in [0.1, 0.15) is 37.7 Å². The van der Waals surface area contributed by atoms with Crippen molar-refractivity contribution in [2.75, 3.05) is 25.0 Å². The Hall–Kier alpha value is -3.83. The fraction of sp³-hybridized carbons (Fsp3) is 0.308. The molecule has 1 atom stereocenters. The molecule has 37 heavy (non-hydrogen) atoms. The van der Waals surface area contributed by atoms with Gasteiger partial charge in [0.1, 0.15) is 11.3 Å². The maximum Gasteiger partial charge on any atom is 0.240 e. The monoisotopic (exact) mass is 520 g/mol. The number of benzene rings is 2. The van der Waals surface area contributed by atoms with Gasteiger partial charge >= 0.3 is 0 Å². The van der Waals surface area contributed by atoms with Gasteiger partial charge in [0.05, 0.1) is 10.6 Å². The van der Waals surface area contributed by atoms with Crippen LogP contribution in [-0.4, -0.2) is 60.1 Å². The number of amides is 1. The summed E-state index contributed by atoms with van der Waals surface area (Å²) >= 11 is 0. The molecule has 1 saturated heterocycles. The van der Waals surface area contributed by atoms with E-state index < -0.39 is 10.0 Å². The van der Waals surface area contributed by atoms with Crippen LogP contribution in [0.25, 0.3) is 10.9 Å². The second kappa shape index (κ2) is 10.3. The molecular weight excluding hydrogens is 492 g/mol. The van der Waals surface area contributed by atoms with Crippen LogP contribution in [-0.2, 0) is 14.8 Å². The number of nitrogens with one attached hydrogen (secondary N) is 2. The number of likely N-dealkylation sites (tertiary alicyclic amines) is 1. The Morgan fingerprint density at radius 1 is 1.22 bits per heavy atom. The number of hydrogen-bond acceptors (Lipinski definition) is 8. The number of sulfonamides is 1. The highest BCUT2D eigenvalue weighted by molar-refractivity contribution is 7.89. The molecule has 3 heterocycles. The van der Waals surface area contributed by atoms with Crippen molar-refractivity contribution in [1.82, 2.24) is 19.6 Å². The summed E-state index contributed by atoms with van der Waals surface area (Å²) in [5.74, 6) is 0.580. The molecule has 0 aliphatic carbocycles. The molecule has 2 aliphatic heterocycles. The lowest BCUT2D eigenvalue weighted by molar-refractivity contribution is -0.127. The zero-order valence-corrected chi connectivity index (χ0v) is 21.2. The molecule has 3 N–H and O–H groups in total. The molecule has 1 amide bonds. The highest BCUT2D eigenvalue weighted by Gasteiger charge is 2.21. The maximum absolute atomic E-state index is 12.7. The molecule has 0 radical (unpaired) electrons. The number of aromatic nitrogens is 2. The van der Waals surface area contributed by atoms with Gasteiger partial charge in [-0.3, -0.25) is 9.79 Å². The Labute approximate surface area is 215 Å². The Morgan fingerprint density at radius 3 is 2.78 bits per heavy atom. The minimum atomic E-state index is -3.67. The number of carbonyl (C=O) groups is 1. The SMILES string of the molecule is CC1C=CC=Nc2c1c(O)cc1cnc(Nc3ccc(S(=O)(=O)NCCCN4CCCC4=O)cc3)nc21. The van der Waals surface area contributed by atoms with Crippen LogP contribution >= 0.6 is 0 Å². The lowest BCUT2D eigenvalue weighted by Gasteiger charge is -2.15. The first-order chi connectivity index (χ1) is 17.8. The summed E-state index contributed by atoms with van der Waals surface area (Å²) in [6.45, 7) is 3.54. The average molecular weight is 521 g/mol. The molecule has 1 fully saturated rings. The Balaban J connectivity index is 1.27. The van der Waals surface area contributed by atoms with Crippen molar-refractivity contribution in [3.63, 3.8) is 0 Å². The molecule has 2 aromatic carbocycles. The van der Waals surface area contributed by atoms with E-state index in [1.54, 1.807) is 35.5 Å². The van der Waals surface area contributed by atoms with Gasteiger partial charge in [0.2, 0.25) is 21.9 Å². The van der Waals surface area contributed by atoms with Crippen LogP contribution in [0.15, 0.2) is 58.6 Å². The molecule has 2 aliphatic rings. The second-order valence-electron chi connectivity index (χ2n) is 9.13. The van der Waals surface area contributed by atoms with Crippen molar-refractivity contribution < 1.29 is 18.3 Å². The summed E-state index contributed by atoms with van der Waals surface area (Å²) in [6, 6.07) is 7.95. The third-order valence-electron chi connectivity index (χ3n) is 6.50. The number of aromatic hydroxyl groups is 1. The fourth-order valence-electron chi connectivity index (χ4n) is 4.58. The van der Waals surface area contributed by atoms with Gasteiger partial charge < -0.3 is 15.3 Å². The molecule has 1 unspecified atom stereocenters. The first-order valence-electron chi connectivity index (χ1n) is 12.2. The van der Waals surface area contributed by atoms with Crippen LogP contribution in [0.5, 0.6) is 5.75 Å². The number of rotatable bonds is 8. The van der Waals surface area contributed by atoms with Crippen molar-refractivity contribution >= 4 is 50.4 Å². The highest BCUT2D eigenvalue weighted by Crippen LogP contribution is 2.41. The van der Waals surface area contributed by atoms with Crippen molar-refractivity contribution in [2.24, 2.45) is 4.99 Å². The van der Waals surface area contributed by atoms with Gasteiger partial charge in [-0.2, -0.15) is 0 Å². The van der Waals surface area contributed by atoms with E-state index >= 15 is 0 Å². The zero-order valence-electron chi connectivity index (χ0n) is 20.4. The minimum Gasteiger partial charge on any atom is -0.508 e. The molecule has 192 valence electrons. The predicted octanol–water partition coefficient (Wildman–Crippen LogP) is 3.75. The van der Waals surface area contributed by atoms with Gasteiger partial charge in [0.25, 0.3) is 0 Å². The molecule has 3 aromatic rings. The number of phenols is 1. The van der Waals surface area contributed by atoms with E-state index in [1.807, 2.05) is 19.1 Å². The minimum absolute atomic E-state index is 0.0286. The number of nitrogens with zero attached hydrogens (tertiary/aromatic N) is 4. The van der Waals surface area contributed by atoms with Gasteiger partial charge in [-0.05, 0) is 49.2 Å². The highest BCUT2D eigenvalue weighted by atomic mass is 32.2. The van der Waals surface area contributed by atoms with E-state index in [4.69, 9.17) is 0 Å². The smallest absolute Gasteiger partial charge is 0.240 e. The summed E-state index contributed by atoms with van der Waals surface area (Å²) in [5.41, 5.74) is 2.53. The molecule has 10 nitrogen and oxygen atoms in total. The summed E-state index contributed by atoms with van der Waals surface area (Å²) in [6.07, 6.45) is 9.09. The Kier molecular flexibility index (Phi) is 6.90. The van der Waals surface area contributed by atoms with Crippen LogP contribution in [0.4, 0.5) is 17.3 Å². The first kappa shape index (κ1) is 24.8. The lowest BCUT2D eigenvalue weighted by atomic mass is 9.96. The van der Waals surface area contributed by atoms with E-state index in [9.17, 15) is 18.3 Å². The molecule has 0 bridgehead atoms. The van der Waals surface area contributed by atoms with E-state index in [0.717, 1.165) is 13.0 Å². The van der Waals surface area contributed by atoms with Crippen molar-refractivity contribution in [2.45, 2.75) is 37.0 Å². The molecule has 0 spiro atoms. The van der Waals surface area contributed by atoms with Crippen LogP contribution in [0, 0.1) is 0 Å². The third-order valence-corrected chi connectivity index (χ3v) is 7.98. The van der Waals surface area contributed by atoms with Gasteiger partial charge in [-0.15, -0.1) is 0 Å². The quantitative estimate of drug-likeness (QED) is 0.385. The van der Waals surface area contributed by atoms with Gasteiger partial charge in [0.15, 0.2) is 0 Å². The first-order valence-corrected chi connectivity index (χ1v) is 13.7. The standard InChI is InChI=1S/C26H28N6O4S/c1-17-5-2-11-27-25-23(17)21(33)15-18-16-28-26(31-24(18)25)30-19-7-9-20(10-8-19)37(35,36)29-12-4-14-32-13-3-6-22(32)34/h2,5,7-11,15-17,29,33H,3-4,6,12-14H2,1H3,(H,28,30,31). The van der Waals surface area contributed by atoms with Gasteiger partial charge in [-0.1, -0.05) is 13.0 Å². The molecule has 1 aromatic heterocycles. The molecular formula is C26H28N6O4S. The fourth-order valence-corrected chi connectivity index (χ4v) is 5.65. The number of phenolic OH excluding ortho intramolecular Hbond substituents is 1. The number of carbonyl (C=O) groups excluding carboxylic acids is 1. The predicted molar refractivity (Wildman–Crippen MR) is 142 cm³/mol. The van der Waals surface area contributed by atoms with Crippen LogP contribution in [0.3, 0.4) is 0 Å². The second-order valence-corrected chi connectivity index (χ2v) is 10.9. The topological polar surface area (TPSA) is 137 Å². The van der Waals surface area contributed by atoms with Crippen LogP contribution < -0.4 is 10.0 Å². The van der Waals surface area contributed by atoms with E-state index in [-0.39, 0.29) is 29.0 Å². The largest absolute Gasteiger partial charge is 0.508 e. The number of allylic oxidation sites excluding steroid dienone is 2. The van der Waals surface area contributed by atoms with Gasteiger partial charge in [0, 0.05) is 61.0 Å².